The number of rotatable bonds is 10. The maximum atomic E-state index is 12.9. The van der Waals surface area contributed by atoms with E-state index in [4.69, 9.17) is 4.74 Å². The standard InChI is InChI=1S/C21H27F3N2O2/c1-3-4-5-11-26(20(27)16-28-2)15-19-10-7-12-25(19)14-17-8-6-9-18(13-17)21(22,23)24/h6-10,12-13H,3-5,11,14-16H2,1-2H3. The Hall–Kier alpha value is -2.28. The Morgan fingerprint density at radius 1 is 1.18 bits per heavy atom. The Kier molecular flexibility index (Phi) is 8.11. The van der Waals surface area contributed by atoms with Gasteiger partial charge >= 0.3 is 6.18 Å². The van der Waals surface area contributed by atoms with Gasteiger partial charge in [0.05, 0.1) is 12.1 Å². The number of methoxy groups -OCH3 is 1. The van der Waals surface area contributed by atoms with Gasteiger partial charge in [0.2, 0.25) is 5.91 Å². The first-order valence-electron chi connectivity index (χ1n) is 9.42. The molecule has 0 aliphatic rings. The van der Waals surface area contributed by atoms with Crippen LogP contribution in [0.4, 0.5) is 13.2 Å². The zero-order chi connectivity index (χ0) is 20.6. The molecule has 0 atom stereocenters. The minimum atomic E-state index is -4.36. The zero-order valence-electron chi connectivity index (χ0n) is 16.3. The predicted octanol–water partition coefficient (Wildman–Crippen LogP) is 4.72. The van der Waals surface area contributed by atoms with Crippen molar-refractivity contribution in [3.05, 3.63) is 59.4 Å². The first-order chi connectivity index (χ1) is 13.3. The molecule has 2 rings (SSSR count). The molecule has 0 radical (unpaired) electrons. The monoisotopic (exact) mass is 396 g/mol. The highest BCUT2D eigenvalue weighted by molar-refractivity contribution is 5.77. The second-order valence-corrected chi connectivity index (χ2v) is 6.78. The van der Waals surface area contributed by atoms with E-state index in [2.05, 4.69) is 6.92 Å². The second-order valence-electron chi connectivity index (χ2n) is 6.78. The van der Waals surface area contributed by atoms with Crippen molar-refractivity contribution in [2.45, 2.75) is 45.5 Å². The fraction of sp³-hybridized carbons (Fsp3) is 0.476. The summed E-state index contributed by atoms with van der Waals surface area (Å²) in [5, 5.41) is 0. The number of aromatic nitrogens is 1. The number of hydrogen-bond donors (Lipinski definition) is 0. The Balaban J connectivity index is 2.13. The summed E-state index contributed by atoms with van der Waals surface area (Å²) in [5.41, 5.74) is 0.779. The summed E-state index contributed by atoms with van der Waals surface area (Å²) in [6.07, 6.45) is 0.444. The number of hydrogen-bond acceptors (Lipinski definition) is 2. The topological polar surface area (TPSA) is 34.5 Å². The molecule has 0 saturated carbocycles. The van der Waals surface area contributed by atoms with E-state index >= 15 is 0 Å². The molecule has 28 heavy (non-hydrogen) atoms. The quantitative estimate of drug-likeness (QED) is 0.545. The minimum absolute atomic E-state index is 0.0143. The molecule has 0 bridgehead atoms. The van der Waals surface area contributed by atoms with Gasteiger partial charge in [0.1, 0.15) is 6.61 Å². The third kappa shape index (κ3) is 6.41. The molecule has 0 aliphatic carbocycles. The lowest BCUT2D eigenvalue weighted by Gasteiger charge is -2.23. The lowest BCUT2D eigenvalue weighted by molar-refractivity contribution is -0.138. The maximum Gasteiger partial charge on any atom is 0.416 e. The molecule has 1 aromatic heterocycles. The van der Waals surface area contributed by atoms with E-state index < -0.39 is 11.7 Å². The van der Waals surface area contributed by atoms with Crippen LogP contribution in [-0.2, 0) is 28.8 Å². The summed E-state index contributed by atoms with van der Waals surface area (Å²) >= 11 is 0. The number of benzene rings is 1. The number of carbonyl (C=O) groups is 1. The molecule has 0 saturated heterocycles. The predicted molar refractivity (Wildman–Crippen MR) is 102 cm³/mol. The molecular formula is C21H27F3N2O2. The molecule has 154 valence electrons. The minimum Gasteiger partial charge on any atom is -0.375 e. The van der Waals surface area contributed by atoms with Crippen molar-refractivity contribution in [2.75, 3.05) is 20.3 Å². The molecule has 0 unspecified atom stereocenters. The van der Waals surface area contributed by atoms with Gasteiger partial charge in [-0.1, -0.05) is 31.9 Å². The highest BCUT2D eigenvalue weighted by atomic mass is 19.4. The van der Waals surface area contributed by atoms with Gasteiger partial charge in [-0.3, -0.25) is 4.79 Å². The number of amides is 1. The van der Waals surface area contributed by atoms with Gasteiger partial charge in [0.15, 0.2) is 0 Å². The average Bonchev–Trinajstić information content (AvgIpc) is 3.07. The normalized spacial score (nSPS) is 11.6. The van der Waals surface area contributed by atoms with Gasteiger partial charge in [-0.15, -0.1) is 0 Å². The molecule has 1 amide bonds. The number of halogens is 3. The highest BCUT2D eigenvalue weighted by Crippen LogP contribution is 2.29. The maximum absolute atomic E-state index is 12.9. The molecule has 7 heteroatoms. The van der Waals surface area contributed by atoms with E-state index in [9.17, 15) is 18.0 Å². The van der Waals surface area contributed by atoms with Crippen LogP contribution >= 0.6 is 0 Å². The average molecular weight is 396 g/mol. The van der Waals surface area contributed by atoms with E-state index in [1.165, 1.54) is 19.2 Å². The molecule has 1 aromatic carbocycles. The third-order valence-corrected chi connectivity index (χ3v) is 4.54. The highest BCUT2D eigenvalue weighted by Gasteiger charge is 2.30. The Morgan fingerprint density at radius 3 is 2.64 bits per heavy atom. The lowest BCUT2D eigenvalue weighted by Crippen LogP contribution is -2.34. The Labute approximate surface area is 163 Å². The van der Waals surface area contributed by atoms with Crippen molar-refractivity contribution < 1.29 is 22.7 Å². The molecule has 2 aromatic rings. The van der Waals surface area contributed by atoms with E-state index in [-0.39, 0.29) is 12.5 Å². The van der Waals surface area contributed by atoms with Crippen LogP contribution in [0.15, 0.2) is 42.6 Å². The van der Waals surface area contributed by atoms with E-state index in [0.29, 0.717) is 25.2 Å². The van der Waals surface area contributed by atoms with Gasteiger partial charge in [0, 0.05) is 32.1 Å². The van der Waals surface area contributed by atoms with Crippen LogP contribution in [0.25, 0.3) is 0 Å². The SMILES string of the molecule is CCCCCN(Cc1cccn1Cc1cccc(C(F)(F)F)c1)C(=O)COC. The largest absolute Gasteiger partial charge is 0.416 e. The van der Waals surface area contributed by atoms with Crippen molar-refractivity contribution in [3.63, 3.8) is 0 Å². The first-order valence-corrected chi connectivity index (χ1v) is 9.42. The van der Waals surface area contributed by atoms with Crippen LogP contribution in [0, 0.1) is 0 Å². The van der Waals surface area contributed by atoms with Crippen LogP contribution in [0.3, 0.4) is 0 Å². The van der Waals surface area contributed by atoms with Crippen molar-refractivity contribution in [1.29, 1.82) is 0 Å². The van der Waals surface area contributed by atoms with Crippen LogP contribution in [-0.4, -0.2) is 35.6 Å². The van der Waals surface area contributed by atoms with Crippen LogP contribution in [0.1, 0.15) is 43.0 Å². The fourth-order valence-electron chi connectivity index (χ4n) is 3.04. The molecular weight excluding hydrogens is 369 g/mol. The van der Waals surface area contributed by atoms with Crippen molar-refractivity contribution >= 4 is 5.91 Å². The van der Waals surface area contributed by atoms with Gasteiger partial charge < -0.3 is 14.2 Å². The van der Waals surface area contributed by atoms with Crippen LogP contribution in [0.2, 0.25) is 0 Å². The van der Waals surface area contributed by atoms with Crippen LogP contribution in [0.5, 0.6) is 0 Å². The van der Waals surface area contributed by atoms with E-state index in [1.54, 1.807) is 11.0 Å². The van der Waals surface area contributed by atoms with Crippen LogP contribution < -0.4 is 0 Å². The molecule has 1 heterocycles. The number of ether oxygens (including phenoxy) is 1. The molecule has 0 N–H and O–H groups in total. The zero-order valence-corrected chi connectivity index (χ0v) is 16.3. The second kappa shape index (κ2) is 10.3. The van der Waals surface area contributed by atoms with Gasteiger partial charge in [-0.05, 0) is 36.2 Å². The Morgan fingerprint density at radius 2 is 1.96 bits per heavy atom. The Bertz CT molecular complexity index is 756. The van der Waals surface area contributed by atoms with E-state index in [0.717, 1.165) is 31.0 Å². The smallest absolute Gasteiger partial charge is 0.375 e. The van der Waals surface area contributed by atoms with Gasteiger partial charge in [-0.2, -0.15) is 13.2 Å². The number of unbranched alkanes of at least 4 members (excludes halogenated alkanes) is 2. The third-order valence-electron chi connectivity index (χ3n) is 4.54. The van der Waals surface area contributed by atoms with Crippen molar-refractivity contribution in [1.82, 2.24) is 9.47 Å². The van der Waals surface area contributed by atoms with Gasteiger partial charge in [-0.25, -0.2) is 0 Å². The molecule has 4 nitrogen and oxygen atoms in total. The summed E-state index contributed by atoms with van der Waals surface area (Å²) < 4.78 is 45.7. The molecule has 0 fully saturated rings. The summed E-state index contributed by atoms with van der Waals surface area (Å²) in [5.74, 6) is -0.0922. The first kappa shape index (κ1) is 22.0. The summed E-state index contributed by atoms with van der Waals surface area (Å²) in [7, 11) is 1.48. The summed E-state index contributed by atoms with van der Waals surface area (Å²) in [6, 6.07) is 9.06. The fourth-order valence-corrected chi connectivity index (χ4v) is 3.04. The van der Waals surface area contributed by atoms with Crippen molar-refractivity contribution in [3.8, 4) is 0 Å². The summed E-state index contributed by atoms with van der Waals surface area (Å²) in [6.45, 7) is 3.46. The summed E-state index contributed by atoms with van der Waals surface area (Å²) in [4.78, 5) is 14.1. The van der Waals surface area contributed by atoms with Gasteiger partial charge in [0.25, 0.3) is 0 Å². The molecule has 0 spiro atoms. The number of nitrogens with zero attached hydrogens (tertiary/aromatic N) is 2. The molecule has 0 aliphatic heterocycles. The number of carbonyl (C=O) groups excluding carboxylic acids is 1. The number of alkyl halides is 3. The van der Waals surface area contributed by atoms with Crippen molar-refractivity contribution in [2.24, 2.45) is 0 Å². The van der Waals surface area contributed by atoms with E-state index in [1.807, 2.05) is 22.9 Å². The lowest BCUT2D eigenvalue weighted by atomic mass is 10.1.